The molecule has 1 amide bonds. The fourth-order valence-corrected chi connectivity index (χ4v) is 2.46. The van der Waals surface area contributed by atoms with Crippen molar-refractivity contribution in [1.82, 2.24) is 9.99 Å². The van der Waals surface area contributed by atoms with E-state index in [0.29, 0.717) is 5.56 Å². The number of hydrogen-bond donors (Lipinski definition) is 1. The minimum Gasteiger partial charge on any atom is -0.378 e. The molecule has 5 nitrogen and oxygen atoms in total. The van der Waals surface area contributed by atoms with Crippen LogP contribution in [-0.2, 0) is 0 Å². The quantitative estimate of drug-likeness (QED) is 0.576. The molecule has 0 aliphatic rings. The maximum absolute atomic E-state index is 12.0. The van der Waals surface area contributed by atoms with Crippen LogP contribution in [0.5, 0.6) is 0 Å². The van der Waals surface area contributed by atoms with Crippen molar-refractivity contribution in [2.75, 3.05) is 19.0 Å². The van der Waals surface area contributed by atoms with E-state index in [1.807, 2.05) is 55.2 Å². The number of anilines is 1. The van der Waals surface area contributed by atoms with Gasteiger partial charge in [0.15, 0.2) is 0 Å². The molecule has 126 valence electrons. The Labute approximate surface area is 147 Å². The normalized spacial score (nSPS) is 10.8. The Bertz CT molecular complexity index is 864. The monoisotopic (exact) mass is 332 g/mol. The van der Waals surface area contributed by atoms with Crippen LogP contribution >= 0.6 is 0 Å². The highest BCUT2D eigenvalue weighted by Gasteiger charge is 2.04. The van der Waals surface area contributed by atoms with E-state index in [4.69, 9.17) is 0 Å². The maximum Gasteiger partial charge on any atom is 0.271 e. The number of aromatic nitrogens is 1. The molecule has 3 aromatic rings. The van der Waals surface area contributed by atoms with Gasteiger partial charge >= 0.3 is 0 Å². The van der Waals surface area contributed by atoms with Crippen LogP contribution in [-0.4, -0.2) is 30.8 Å². The van der Waals surface area contributed by atoms with Crippen LogP contribution in [0.2, 0.25) is 0 Å². The van der Waals surface area contributed by atoms with E-state index in [0.717, 1.165) is 17.1 Å². The van der Waals surface area contributed by atoms with E-state index in [1.165, 1.54) is 0 Å². The average Bonchev–Trinajstić information content (AvgIpc) is 3.11. The lowest BCUT2D eigenvalue weighted by molar-refractivity contribution is 0.0955. The lowest BCUT2D eigenvalue weighted by Crippen LogP contribution is -2.17. The number of benzene rings is 2. The van der Waals surface area contributed by atoms with Crippen LogP contribution in [0.15, 0.2) is 78.0 Å². The Balaban J connectivity index is 1.72. The zero-order valence-electron chi connectivity index (χ0n) is 14.3. The number of amides is 1. The van der Waals surface area contributed by atoms with E-state index in [9.17, 15) is 4.79 Å². The van der Waals surface area contributed by atoms with E-state index in [-0.39, 0.29) is 5.91 Å². The van der Waals surface area contributed by atoms with E-state index >= 15 is 0 Å². The van der Waals surface area contributed by atoms with Crippen LogP contribution in [0.1, 0.15) is 16.1 Å². The molecule has 0 radical (unpaired) electrons. The van der Waals surface area contributed by atoms with Gasteiger partial charge in [-0.1, -0.05) is 18.2 Å². The molecule has 0 spiro atoms. The summed E-state index contributed by atoms with van der Waals surface area (Å²) in [4.78, 5) is 14.0. The highest BCUT2D eigenvalue weighted by molar-refractivity contribution is 5.94. The van der Waals surface area contributed by atoms with Crippen LogP contribution in [0.4, 0.5) is 5.69 Å². The number of hydrogen-bond acceptors (Lipinski definition) is 3. The molecule has 5 heteroatoms. The van der Waals surface area contributed by atoms with Gasteiger partial charge in [0, 0.05) is 37.2 Å². The summed E-state index contributed by atoms with van der Waals surface area (Å²) in [5.74, 6) is -0.231. The second-order valence-electron chi connectivity index (χ2n) is 5.78. The first kappa shape index (κ1) is 16.5. The van der Waals surface area contributed by atoms with Crippen molar-refractivity contribution in [2.45, 2.75) is 0 Å². The summed E-state index contributed by atoms with van der Waals surface area (Å²) in [6.07, 6.45) is 3.60. The molecule has 0 unspecified atom stereocenters. The van der Waals surface area contributed by atoms with Crippen molar-refractivity contribution in [3.05, 3.63) is 84.2 Å². The van der Waals surface area contributed by atoms with Gasteiger partial charge in [-0.2, -0.15) is 5.10 Å². The van der Waals surface area contributed by atoms with Gasteiger partial charge in [0.2, 0.25) is 0 Å². The summed E-state index contributed by atoms with van der Waals surface area (Å²) in [6.45, 7) is 0. The van der Waals surface area contributed by atoms with Crippen LogP contribution in [0, 0.1) is 0 Å². The molecule has 0 aliphatic carbocycles. The zero-order valence-corrected chi connectivity index (χ0v) is 14.3. The number of nitrogens with zero attached hydrogens (tertiary/aromatic N) is 3. The van der Waals surface area contributed by atoms with Crippen molar-refractivity contribution in [3.63, 3.8) is 0 Å². The van der Waals surface area contributed by atoms with Crippen LogP contribution in [0.25, 0.3) is 5.69 Å². The summed E-state index contributed by atoms with van der Waals surface area (Å²) in [7, 11) is 4.02. The molecule has 0 saturated heterocycles. The van der Waals surface area contributed by atoms with Gasteiger partial charge in [-0.3, -0.25) is 4.79 Å². The highest BCUT2D eigenvalue weighted by atomic mass is 16.2. The predicted molar refractivity (Wildman–Crippen MR) is 102 cm³/mol. The van der Waals surface area contributed by atoms with Gasteiger partial charge in [0.05, 0.1) is 11.9 Å². The second kappa shape index (κ2) is 7.49. The highest BCUT2D eigenvalue weighted by Crippen LogP contribution is 2.17. The van der Waals surface area contributed by atoms with Crippen LogP contribution < -0.4 is 10.3 Å². The number of carbonyl (C=O) groups excluding carboxylic acids is 1. The molecular weight excluding hydrogens is 312 g/mol. The SMILES string of the molecule is CN(C)c1ccc(-n2cccc2/C=N\NC(=O)c2ccccc2)cc1. The smallest absolute Gasteiger partial charge is 0.271 e. The van der Waals surface area contributed by atoms with Crippen molar-refractivity contribution < 1.29 is 4.79 Å². The first-order chi connectivity index (χ1) is 12.1. The molecule has 0 atom stereocenters. The third-order valence-corrected chi connectivity index (χ3v) is 3.82. The van der Waals surface area contributed by atoms with Crippen molar-refractivity contribution in [3.8, 4) is 5.69 Å². The van der Waals surface area contributed by atoms with Crippen LogP contribution in [0.3, 0.4) is 0 Å². The molecule has 0 aliphatic heterocycles. The fourth-order valence-electron chi connectivity index (χ4n) is 2.46. The summed E-state index contributed by atoms with van der Waals surface area (Å²) >= 11 is 0. The molecule has 25 heavy (non-hydrogen) atoms. The maximum atomic E-state index is 12.0. The van der Waals surface area contributed by atoms with E-state index in [2.05, 4.69) is 39.7 Å². The predicted octanol–water partition coefficient (Wildman–Crippen LogP) is 3.31. The number of carbonyl (C=O) groups is 1. The first-order valence-electron chi connectivity index (χ1n) is 7.99. The molecule has 0 saturated carbocycles. The summed E-state index contributed by atoms with van der Waals surface area (Å²) in [6, 6.07) is 21.1. The summed E-state index contributed by atoms with van der Waals surface area (Å²) in [5.41, 5.74) is 6.18. The number of rotatable bonds is 5. The van der Waals surface area contributed by atoms with Gasteiger partial charge < -0.3 is 9.47 Å². The molecule has 0 bridgehead atoms. The van der Waals surface area contributed by atoms with Crippen molar-refractivity contribution in [1.29, 1.82) is 0 Å². The van der Waals surface area contributed by atoms with Gasteiger partial charge in [-0.05, 0) is 48.5 Å². The molecule has 2 aromatic carbocycles. The topological polar surface area (TPSA) is 49.6 Å². The zero-order chi connectivity index (χ0) is 17.6. The minimum atomic E-state index is -0.231. The Morgan fingerprint density at radius 1 is 1.00 bits per heavy atom. The molecule has 0 fully saturated rings. The van der Waals surface area contributed by atoms with Gasteiger partial charge in [-0.25, -0.2) is 5.43 Å². The lowest BCUT2D eigenvalue weighted by Gasteiger charge is -2.13. The average molecular weight is 332 g/mol. The Kier molecular flexibility index (Phi) is 4.95. The largest absolute Gasteiger partial charge is 0.378 e. The van der Waals surface area contributed by atoms with Crippen molar-refractivity contribution in [2.24, 2.45) is 5.10 Å². The third kappa shape index (κ3) is 3.95. The third-order valence-electron chi connectivity index (χ3n) is 3.82. The summed E-state index contributed by atoms with van der Waals surface area (Å²) in [5, 5.41) is 4.07. The minimum absolute atomic E-state index is 0.231. The van der Waals surface area contributed by atoms with Gasteiger partial charge in [-0.15, -0.1) is 0 Å². The standard InChI is InChI=1S/C20H20N4O/c1-23(2)17-10-12-18(13-11-17)24-14-6-9-19(24)15-21-22-20(25)16-7-4-3-5-8-16/h3-15H,1-2H3,(H,22,25)/b21-15-. The fraction of sp³-hybridized carbons (Fsp3) is 0.100. The number of hydrazone groups is 1. The summed E-state index contributed by atoms with van der Waals surface area (Å²) < 4.78 is 2.01. The Morgan fingerprint density at radius 2 is 1.72 bits per heavy atom. The Hall–Kier alpha value is -3.34. The molecule has 1 aromatic heterocycles. The molecular formula is C20H20N4O. The van der Waals surface area contributed by atoms with E-state index in [1.54, 1.807) is 18.3 Å². The Morgan fingerprint density at radius 3 is 2.40 bits per heavy atom. The molecule has 3 rings (SSSR count). The lowest BCUT2D eigenvalue weighted by atomic mass is 10.2. The van der Waals surface area contributed by atoms with Crippen molar-refractivity contribution >= 4 is 17.8 Å². The molecule has 1 N–H and O–H groups in total. The van der Waals surface area contributed by atoms with Gasteiger partial charge in [0.25, 0.3) is 5.91 Å². The number of nitrogens with one attached hydrogen (secondary N) is 1. The first-order valence-corrected chi connectivity index (χ1v) is 7.99. The van der Waals surface area contributed by atoms with E-state index < -0.39 is 0 Å². The molecule has 1 heterocycles. The van der Waals surface area contributed by atoms with Gasteiger partial charge in [0.1, 0.15) is 0 Å². The second-order valence-corrected chi connectivity index (χ2v) is 5.78.